The summed E-state index contributed by atoms with van der Waals surface area (Å²) in [4.78, 5) is 10.1. The van der Waals surface area contributed by atoms with Crippen LogP contribution in [-0.2, 0) is 9.47 Å². The number of amides is 1. The number of carbonyl (C=O) groups excluding carboxylic acids is 1. The monoisotopic (exact) mass is 191 g/mol. The minimum absolute atomic E-state index is 0.229. The predicted octanol–water partition coefficient (Wildman–Crippen LogP) is -0.195. The maximum atomic E-state index is 10.1. The number of likely N-dealkylation sites (N-methyl/N-ethyl adjacent to an activating group) is 1. The van der Waals surface area contributed by atoms with Crippen LogP contribution in [0.3, 0.4) is 0 Å². The molecule has 0 bridgehead atoms. The Morgan fingerprint density at radius 1 is 1.23 bits per heavy atom. The molecule has 0 aromatic carbocycles. The Morgan fingerprint density at radius 3 is 2.31 bits per heavy atom. The number of rotatable bonds is 6. The molecule has 0 heterocycles. The van der Waals surface area contributed by atoms with Gasteiger partial charge in [0, 0.05) is 0 Å². The van der Waals surface area contributed by atoms with Gasteiger partial charge in [0.15, 0.2) is 0 Å². The van der Waals surface area contributed by atoms with E-state index in [1.807, 2.05) is 0 Å². The number of ether oxygens (including phenoxy) is 2. The van der Waals surface area contributed by atoms with Gasteiger partial charge in [-0.1, -0.05) is 0 Å². The van der Waals surface area contributed by atoms with Crippen molar-refractivity contribution >= 4 is 6.09 Å². The Balaban J connectivity index is 3.13. The van der Waals surface area contributed by atoms with Crippen LogP contribution in [0.5, 0.6) is 0 Å². The Hall–Kier alpha value is -0.810. The highest BCUT2D eigenvalue weighted by Gasteiger charge is 2.05. The van der Waals surface area contributed by atoms with Crippen molar-refractivity contribution in [2.45, 2.75) is 0 Å². The molecular formula is C8H19N2O3+. The molecule has 78 valence electrons. The van der Waals surface area contributed by atoms with Gasteiger partial charge in [-0.25, -0.2) is 4.79 Å². The first kappa shape index (κ1) is 12.2. The molecule has 0 aromatic rings. The normalized spacial score (nSPS) is 11.3. The van der Waals surface area contributed by atoms with Crippen LogP contribution in [0.4, 0.5) is 4.79 Å². The molecule has 2 N–H and O–H groups in total. The van der Waals surface area contributed by atoms with Crippen LogP contribution in [0.15, 0.2) is 0 Å². The van der Waals surface area contributed by atoms with Gasteiger partial charge < -0.3 is 19.7 Å². The summed E-state index contributed by atoms with van der Waals surface area (Å²) in [5.74, 6) is 0. The largest absolute Gasteiger partial charge is 0.447 e. The third kappa shape index (κ3) is 11.2. The number of quaternary nitrogens is 1. The second-order valence-corrected chi connectivity index (χ2v) is 3.79. The van der Waals surface area contributed by atoms with E-state index < -0.39 is 6.09 Å². The molecule has 0 aliphatic carbocycles. The lowest BCUT2D eigenvalue weighted by Crippen LogP contribution is -2.37. The van der Waals surface area contributed by atoms with E-state index in [9.17, 15) is 4.79 Å². The topological polar surface area (TPSA) is 61.6 Å². The number of nitrogens with two attached hydrogens (primary N) is 1. The molecule has 0 aliphatic heterocycles. The molecule has 0 atom stereocenters. The number of primary amides is 1. The van der Waals surface area contributed by atoms with Crippen molar-refractivity contribution in [3.63, 3.8) is 0 Å². The summed E-state index contributed by atoms with van der Waals surface area (Å²) in [6.07, 6.45) is -0.754. The minimum atomic E-state index is -0.754. The lowest BCUT2D eigenvalue weighted by atomic mass is 10.5. The van der Waals surface area contributed by atoms with Gasteiger partial charge in [0.05, 0.1) is 34.4 Å². The van der Waals surface area contributed by atoms with Gasteiger partial charge in [0.1, 0.15) is 13.2 Å². The third-order valence-corrected chi connectivity index (χ3v) is 1.38. The molecular weight excluding hydrogens is 172 g/mol. The van der Waals surface area contributed by atoms with Crippen LogP contribution in [0.25, 0.3) is 0 Å². The van der Waals surface area contributed by atoms with Crippen molar-refractivity contribution in [2.24, 2.45) is 5.73 Å². The average Bonchev–Trinajstić information content (AvgIpc) is 1.93. The third-order valence-electron chi connectivity index (χ3n) is 1.38. The summed E-state index contributed by atoms with van der Waals surface area (Å²) in [6, 6.07) is 0. The van der Waals surface area contributed by atoms with Crippen LogP contribution in [-0.4, -0.2) is 58.1 Å². The first-order chi connectivity index (χ1) is 5.92. The molecule has 0 radical (unpaired) electrons. The summed E-state index contributed by atoms with van der Waals surface area (Å²) in [7, 11) is 6.26. The highest BCUT2D eigenvalue weighted by Crippen LogP contribution is 1.89. The second kappa shape index (κ2) is 5.77. The number of carbonyl (C=O) groups is 1. The zero-order valence-corrected chi connectivity index (χ0v) is 8.58. The van der Waals surface area contributed by atoms with E-state index in [-0.39, 0.29) is 6.61 Å². The quantitative estimate of drug-likeness (QED) is 0.467. The Labute approximate surface area is 79.0 Å². The molecule has 0 aliphatic rings. The zero-order chi connectivity index (χ0) is 10.3. The van der Waals surface area contributed by atoms with E-state index in [0.29, 0.717) is 13.2 Å². The summed E-state index contributed by atoms with van der Waals surface area (Å²) >= 11 is 0. The van der Waals surface area contributed by atoms with E-state index in [4.69, 9.17) is 10.5 Å². The van der Waals surface area contributed by atoms with Gasteiger partial charge in [-0.05, 0) is 0 Å². The molecule has 13 heavy (non-hydrogen) atoms. The van der Waals surface area contributed by atoms with Gasteiger partial charge in [-0.15, -0.1) is 0 Å². The van der Waals surface area contributed by atoms with Gasteiger partial charge in [0.25, 0.3) is 0 Å². The molecule has 0 saturated carbocycles. The maximum Gasteiger partial charge on any atom is 0.404 e. The van der Waals surface area contributed by atoms with Gasteiger partial charge in [-0.2, -0.15) is 0 Å². The fraction of sp³-hybridized carbons (Fsp3) is 0.875. The van der Waals surface area contributed by atoms with Crippen LogP contribution in [0, 0.1) is 0 Å². The second-order valence-electron chi connectivity index (χ2n) is 3.79. The van der Waals surface area contributed by atoms with E-state index in [0.717, 1.165) is 11.0 Å². The molecule has 0 aromatic heterocycles. The van der Waals surface area contributed by atoms with Crippen molar-refractivity contribution in [3.8, 4) is 0 Å². The van der Waals surface area contributed by atoms with Gasteiger partial charge in [-0.3, -0.25) is 0 Å². The van der Waals surface area contributed by atoms with Crippen molar-refractivity contribution in [2.75, 3.05) is 47.5 Å². The van der Waals surface area contributed by atoms with Crippen LogP contribution in [0.2, 0.25) is 0 Å². The minimum Gasteiger partial charge on any atom is -0.447 e. The summed E-state index contributed by atoms with van der Waals surface area (Å²) in [5, 5.41) is 0. The SMILES string of the molecule is C[N+](C)(C)CCOCCOC(N)=O. The van der Waals surface area contributed by atoms with E-state index in [1.54, 1.807) is 0 Å². The van der Waals surface area contributed by atoms with E-state index in [1.165, 1.54) is 0 Å². The van der Waals surface area contributed by atoms with Gasteiger partial charge in [0.2, 0.25) is 0 Å². The first-order valence-electron chi connectivity index (χ1n) is 4.22. The fourth-order valence-corrected chi connectivity index (χ4v) is 0.642. The maximum absolute atomic E-state index is 10.1. The van der Waals surface area contributed by atoms with Crippen molar-refractivity contribution < 1.29 is 18.8 Å². The van der Waals surface area contributed by atoms with Crippen molar-refractivity contribution in [1.29, 1.82) is 0 Å². The lowest BCUT2D eigenvalue weighted by Gasteiger charge is -2.23. The Morgan fingerprint density at radius 2 is 1.85 bits per heavy atom. The summed E-state index contributed by atoms with van der Waals surface area (Å²) in [6.45, 7) is 2.22. The fourth-order valence-electron chi connectivity index (χ4n) is 0.642. The van der Waals surface area contributed by atoms with Crippen LogP contribution >= 0.6 is 0 Å². The smallest absolute Gasteiger partial charge is 0.404 e. The summed E-state index contributed by atoms with van der Waals surface area (Å²) in [5.41, 5.74) is 4.76. The van der Waals surface area contributed by atoms with Crippen molar-refractivity contribution in [3.05, 3.63) is 0 Å². The molecule has 5 heteroatoms. The molecule has 0 fully saturated rings. The van der Waals surface area contributed by atoms with E-state index >= 15 is 0 Å². The highest BCUT2D eigenvalue weighted by molar-refractivity contribution is 5.64. The molecule has 0 spiro atoms. The van der Waals surface area contributed by atoms with Crippen molar-refractivity contribution in [1.82, 2.24) is 0 Å². The number of hydrogen-bond donors (Lipinski definition) is 1. The summed E-state index contributed by atoms with van der Waals surface area (Å²) < 4.78 is 10.6. The zero-order valence-electron chi connectivity index (χ0n) is 8.58. The average molecular weight is 191 g/mol. The Bertz CT molecular complexity index is 154. The van der Waals surface area contributed by atoms with E-state index in [2.05, 4.69) is 25.9 Å². The molecule has 0 rings (SSSR count). The standard InChI is InChI=1S/C8H18N2O3/c1-10(2,3)4-5-12-6-7-13-8(9)11/h4-7H2,1-3H3,(H-,9,11)/p+1. The van der Waals surface area contributed by atoms with Gasteiger partial charge >= 0.3 is 6.09 Å². The first-order valence-corrected chi connectivity index (χ1v) is 4.22. The predicted molar refractivity (Wildman–Crippen MR) is 49.3 cm³/mol. The Kier molecular flexibility index (Phi) is 5.41. The lowest BCUT2D eigenvalue weighted by molar-refractivity contribution is -0.870. The molecule has 5 nitrogen and oxygen atoms in total. The molecule has 0 unspecified atom stereocenters. The number of nitrogens with zero attached hydrogens (tertiary/aromatic N) is 1. The number of hydrogen-bond acceptors (Lipinski definition) is 3. The molecule has 1 amide bonds. The van der Waals surface area contributed by atoms with Crippen LogP contribution < -0.4 is 5.73 Å². The van der Waals surface area contributed by atoms with Crippen LogP contribution in [0.1, 0.15) is 0 Å². The molecule has 0 saturated heterocycles. The highest BCUT2D eigenvalue weighted by atomic mass is 16.6.